The largest absolute Gasteiger partial charge is 0.450 e. The zero-order valence-electron chi connectivity index (χ0n) is 16.9. The van der Waals surface area contributed by atoms with Crippen LogP contribution in [-0.4, -0.2) is 51.2 Å². The van der Waals surface area contributed by atoms with E-state index in [2.05, 4.69) is 50.7 Å². The van der Waals surface area contributed by atoms with Crippen LogP contribution in [0.15, 0.2) is 39.5 Å². The second-order valence-corrected chi connectivity index (χ2v) is 8.50. The molecule has 1 aliphatic rings. The van der Waals surface area contributed by atoms with Crippen LogP contribution in [-0.2, 0) is 12.0 Å². The first kappa shape index (κ1) is 18.1. The van der Waals surface area contributed by atoms with Crippen LogP contribution in [0.3, 0.4) is 0 Å². The van der Waals surface area contributed by atoms with Gasteiger partial charge in [-0.15, -0.1) is 0 Å². The molecule has 4 aromatic rings. The van der Waals surface area contributed by atoms with Crippen LogP contribution in [0.25, 0.3) is 22.1 Å². The van der Waals surface area contributed by atoms with E-state index in [9.17, 15) is 0 Å². The Morgan fingerprint density at radius 1 is 1.03 bits per heavy atom. The van der Waals surface area contributed by atoms with Crippen molar-refractivity contribution in [2.24, 2.45) is 0 Å². The van der Waals surface area contributed by atoms with Gasteiger partial charge >= 0.3 is 0 Å². The summed E-state index contributed by atoms with van der Waals surface area (Å²) in [7, 11) is 0. The van der Waals surface area contributed by atoms with Gasteiger partial charge in [-0.3, -0.25) is 4.90 Å². The van der Waals surface area contributed by atoms with Gasteiger partial charge in [0, 0.05) is 37.0 Å². The van der Waals surface area contributed by atoms with Gasteiger partial charge in [-0.05, 0) is 12.1 Å². The maximum atomic E-state index is 6.08. The van der Waals surface area contributed by atoms with E-state index in [-0.39, 0.29) is 5.41 Å². The Kier molecular flexibility index (Phi) is 4.24. The van der Waals surface area contributed by atoms with E-state index in [4.69, 9.17) is 8.94 Å². The van der Waals surface area contributed by atoms with Crippen LogP contribution in [0.1, 0.15) is 32.5 Å². The molecule has 0 radical (unpaired) electrons. The summed E-state index contributed by atoms with van der Waals surface area (Å²) in [5, 5.41) is 5.17. The second kappa shape index (κ2) is 6.81. The normalized spacial score (nSPS) is 16.2. The molecular formula is C21H24N6O2. The molecule has 5 rings (SSSR count). The van der Waals surface area contributed by atoms with Gasteiger partial charge in [0.15, 0.2) is 17.2 Å². The Bertz CT molecular complexity index is 1150. The van der Waals surface area contributed by atoms with Crippen molar-refractivity contribution in [1.82, 2.24) is 25.0 Å². The van der Waals surface area contributed by atoms with Crippen LogP contribution >= 0.6 is 0 Å². The highest BCUT2D eigenvalue weighted by molar-refractivity contribution is 6.05. The number of hydrogen-bond acceptors (Lipinski definition) is 8. The molecule has 1 aromatic carbocycles. The Morgan fingerprint density at radius 2 is 1.83 bits per heavy atom. The SMILES string of the molecule is CC(C)(C)c1nc(CN2CCN(c3ncnc4c3oc3ccccc34)CC2)no1. The van der Waals surface area contributed by atoms with Crippen LogP contribution in [0.5, 0.6) is 0 Å². The maximum Gasteiger partial charge on any atom is 0.232 e. The van der Waals surface area contributed by atoms with E-state index < -0.39 is 0 Å². The highest BCUT2D eigenvalue weighted by Gasteiger charge is 2.25. The van der Waals surface area contributed by atoms with Gasteiger partial charge in [-0.2, -0.15) is 4.98 Å². The van der Waals surface area contributed by atoms with Crippen molar-refractivity contribution in [3.8, 4) is 0 Å². The van der Waals surface area contributed by atoms with Crippen molar-refractivity contribution in [2.75, 3.05) is 31.1 Å². The number of furan rings is 1. The first-order valence-corrected chi connectivity index (χ1v) is 9.92. The molecule has 1 aliphatic heterocycles. The molecule has 3 aromatic heterocycles. The molecule has 4 heterocycles. The molecule has 0 bridgehead atoms. The second-order valence-electron chi connectivity index (χ2n) is 8.50. The number of nitrogens with zero attached hydrogens (tertiary/aromatic N) is 6. The summed E-state index contributed by atoms with van der Waals surface area (Å²) in [4.78, 5) is 18.1. The number of aromatic nitrogens is 4. The molecule has 0 atom stereocenters. The Hall–Kier alpha value is -3.00. The highest BCUT2D eigenvalue weighted by Crippen LogP contribution is 2.32. The number of benzene rings is 1. The van der Waals surface area contributed by atoms with Crippen LogP contribution < -0.4 is 4.90 Å². The average Bonchev–Trinajstić information content (AvgIpc) is 3.33. The molecule has 150 valence electrons. The predicted molar refractivity (Wildman–Crippen MR) is 110 cm³/mol. The molecule has 1 fully saturated rings. The molecule has 0 amide bonds. The third-order valence-electron chi connectivity index (χ3n) is 5.29. The standard InChI is InChI=1S/C21H24N6O2/c1-21(2,3)20-24-16(25-29-20)12-26-8-10-27(11-9-26)19-18-17(22-13-23-19)14-6-4-5-7-15(14)28-18/h4-7,13H,8-12H2,1-3H3. The van der Waals surface area contributed by atoms with E-state index in [0.717, 1.165) is 59.9 Å². The molecule has 29 heavy (non-hydrogen) atoms. The summed E-state index contributed by atoms with van der Waals surface area (Å²) in [6.07, 6.45) is 1.62. The highest BCUT2D eigenvalue weighted by atomic mass is 16.5. The average molecular weight is 392 g/mol. The van der Waals surface area contributed by atoms with Crippen molar-refractivity contribution in [3.63, 3.8) is 0 Å². The molecule has 8 nitrogen and oxygen atoms in total. The van der Waals surface area contributed by atoms with Crippen molar-refractivity contribution in [1.29, 1.82) is 0 Å². The summed E-state index contributed by atoms with van der Waals surface area (Å²) in [5.74, 6) is 2.28. The molecule has 1 saturated heterocycles. The topological polar surface area (TPSA) is 84.3 Å². The molecule has 8 heteroatoms. The predicted octanol–water partition coefficient (Wildman–Crippen LogP) is 3.38. The van der Waals surface area contributed by atoms with Gasteiger partial charge < -0.3 is 13.8 Å². The van der Waals surface area contributed by atoms with E-state index in [1.165, 1.54) is 0 Å². The van der Waals surface area contributed by atoms with E-state index in [1.807, 2.05) is 24.3 Å². The van der Waals surface area contributed by atoms with Gasteiger partial charge in [-0.25, -0.2) is 9.97 Å². The smallest absolute Gasteiger partial charge is 0.232 e. The minimum Gasteiger partial charge on any atom is -0.450 e. The van der Waals surface area contributed by atoms with Gasteiger partial charge in [0.05, 0.1) is 6.54 Å². The van der Waals surface area contributed by atoms with Crippen LogP contribution in [0.2, 0.25) is 0 Å². The van der Waals surface area contributed by atoms with E-state index in [1.54, 1.807) is 6.33 Å². The first-order chi connectivity index (χ1) is 14.0. The minimum atomic E-state index is -0.130. The maximum absolute atomic E-state index is 6.08. The summed E-state index contributed by atoms with van der Waals surface area (Å²) in [6.45, 7) is 10.4. The number of fused-ring (bicyclic) bond motifs is 3. The fraction of sp³-hybridized carbons (Fsp3) is 0.429. The summed E-state index contributed by atoms with van der Waals surface area (Å²) < 4.78 is 11.5. The molecule has 0 spiro atoms. The molecular weight excluding hydrogens is 368 g/mol. The Labute approximate surface area is 168 Å². The monoisotopic (exact) mass is 392 g/mol. The van der Waals surface area contributed by atoms with Gasteiger partial charge in [-0.1, -0.05) is 38.1 Å². The van der Waals surface area contributed by atoms with E-state index >= 15 is 0 Å². The summed E-state index contributed by atoms with van der Waals surface area (Å²) >= 11 is 0. The quantitative estimate of drug-likeness (QED) is 0.525. The van der Waals surface area contributed by atoms with Gasteiger partial charge in [0.1, 0.15) is 17.4 Å². The lowest BCUT2D eigenvalue weighted by Crippen LogP contribution is -2.46. The third kappa shape index (κ3) is 3.33. The summed E-state index contributed by atoms with van der Waals surface area (Å²) in [5.41, 5.74) is 2.34. The number of rotatable bonds is 3. The number of piperazine rings is 1. The lowest BCUT2D eigenvalue weighted by Gasteiger charge is -2.34. The number of hydrogen-bond donors (Lipinski definition) is 0. The fourth-order valence-corrected chi connectivity index (χ4v) is 3.68. The fourth-order valence-electron chi connectivity index (χ4n) is 3.68. The Balaban J connectivity index is 1.31. The van der Waals surface area contributed by atoms with Crippen molar-refractivity contribution >= 4 is 27.9 Å². The minimum absolute atomic E-state index is 0.130. The first-order valence-electron chi connectivity index (χ1n) is 9.92. The van der Waals surface area contributed by atoms with Crippen molar-refractivity contribution in [3.05, 3.63) is 42.3 Å². The van der Waals surface area contributed by atoms with Gasteiger partial charge in [0.25, 0.3) is 0 Å². The number of para-hydroxylation sites is 1. The Morgan fingerprint density at radius 3 is 2.59 bits per heavy atom. The van der Waals surface area contributed by atoms with Crippen LogP contribution in [0.4, 0.5) is 5.82 Å². The lowest BCUT2D eigenvalue weighted by molar-refractivity contribution is 0.238. The summed E-state index contributed by atoms with van der Waals surface area (Å²) in [6, 6.07) is 7.97. The third-order valence-corrected chi connectivity index (χ3v) is 5.29. The molecule has 0 saturated carbocycles. The zero-order chi connectivity index (χ0) is 20.0. The molecule has 0 N–H and O–H groups in total. The van der Waals surface area contributed by atoms with Crippen molar-refractivity contribution < 1.29 is 8.94 Å². The number of anilines is 1. The zero-order valence-corrected chi connectivity index (χ0v) is 16.9. The van der Waals surface area contributed by atoms with Gasteiger partial charge in [0.2, 0.25) is 5.89 Å². The molecule has 0 aliphatic carbocycles. The molecule has 0 unspecified atom stereocenters. The van der Waals surface area contributed by atoms with Crippen LogP contribution in [0, 0.1) is 0 Å². The van der Waals surface area contributed by atoms with E-state index in [0.29, 0.717) is 12.4 Å². The van der Waals surface area contributed by atoms with Crippen molar-refractivity contribution in [2.45, 2.75) is 32.7 Å². The lowest BCUT2D eigenvalue weighted by atomic mass is 9.97.